The highest BCUT2D eigenvalue weighted by molar-refractivity contribution is 5.98. The fraction of sp³-hybridized carbons (Fsp3) is 0.438. The van der Waals surface area contributed by atoms with Crippen LogP contribution in [0.2, 0.25) is 0 Å². The minimum Gasteiger partial charge on any atom is -0.390 e. The molecule has 9 nitrogen and oxygen atoms in total. The summed E-state index contributed by atoms with van der Waals surface area (Å²) in [7, 11) is 0. The average molecular weight is 557 g/mol. The number of piperidine rings is 1. The number of pyridine rings is 1. The molecule has 2 aliphatic rings. The van der Waals surface area contributed by atoms with Crippen LogP contribution in [0.5, 0.6) is 0 Å². The van der Waals surface area contributed by atoms with Crippen LogP contribution in [0.3, 0.4) is 0 Å². The van der Waals surface area contributed by atoms with Crippen LogP contribution < -0.4 is 10.6 Å². The van der Waals surface area contributed by atoms with E-state index < -0.39 is 5.60 Å². The van der Waals surface area contributed by atoms with E-state index in [-0.39, 0.29) is 23.7 Å². The molecule has 3 heterocycles. The van der Waals surface area contributed by atoms with E-state index >= 15 is 0 Å². The molecule has 41 heavy (non-hydrogen) atoms. The zero-order chi connectivity index (χ0) is 29.0. The lowest BCUT2D eigenvalue weighted by Gasteiger charge is -2.35. The number of carbonyl (C=O) groups is 2. The van der Waals surface area contributed by atoms with Gasteiger partial charge in [0.2, 0.25) is 11.8 Å². The van der Waals surface area contributed by atoms with Crippen molar-refractivity contribution in [3.63, 3.8) is 0 Å². The number of aliphatic hydroxyl groups is 1. The molecule has 1 aromatic carbocycles. The van der Waals surface area contributed by atoms with Crippen LogP contribution in [0.15, 0.2) is 60.8 Å². The number of aromatic amines is 1. The van der Waals surface area contributed by atoms with Crippen LogP contribution in [0.25, 0.3) is 11.1 Å². The lowest BCUT2D eigenvalue weighted by Crippen LogP contribution is -2.42. The monoisotopic (exact) mass is 556 g/mol. The SMILES string of the molecule is CC(C)C(C(=O)Nc1cc(C2CC2)[nH]n1)c1cccc(-c2ccc(NC(=O)/C=C/CN3CCC(C)(O)CC3)nc2)c1. The van der Waals surface area contributed by atoms with Crippen molar-refractivity contribution in [2.24, 2.45) is 5.92 Å². The average Bonchev–Trinajstić information content (AvgIpc) is 3.69. The highest BCUT2D eigenvalue weighted by Crippen LogP contribution is 2.39. The fourth-order valence-corrected chi connectivity index (χ4v) is 5.29. The number of likely N-dealkylation sites (tertiary alicyclic amines) is 1. The van der Waals surface area contributed by atoms with Crippen LogP contribution in [0.1, 0.15) is 69.5 Å². The molecule has 0 radical (unpaired) electrons. The number of aromatic nitrogens is 3. The van der Waals surface area contributed by atoms with E-state index in [9.17, 15) is 14.7 Å². The van der Waals surface area contributed by atoms with E-state index in [4.69, 9.17) is 0 Å². The van der Waals surface area contributed by atoms with Crippen molar-refractivity contribution >= 4 is 23.5 Å². The van der Waals surface area contributed by atoms with Gasteiger partial charge in [-0.1, -0.05) is 44.2 Å². The quantitative estimate of drug-likeness (QED) is 0.259. The highest BCUT2D eigenvalue weighted by atomic mass is 16.3. The number of H-pyrrole nitrogens is 1. The van der Waals surface area contributed by atoms with E-state index in [2.05, 4.69) is 30.7 Å². The third-order valence-corrected chi connectivity index (χ3v) is 7.98. The Kier molecular flexibility index (Phi) is 8.65. The van der Waals surface area contributed by atoms with Crippen molar-refractivity contribution in [3.05, 3.63) is 72.1 Å². The Bertz CT molecular complexity index is 1380. The molecule has 9 heteroatoms. The molecule has 4 N–H and O–H groups in total. The van der Waals surface area contributed by atoms with Crippen LogP contribution >= 0.6 is 0 Å². The Morgan fingerprint density at radius 3 is 2.56 bits per heavy atom. The first kappa shape index (κ1) is 28.7. The van der Waals surface area contributed by atoms with E-state index in [0.717, 1.165) is 48.3 Å². The van der Waals surface area contributed by atoms with Crippen molar-refractivity contribution < 1.29 is 14.7 Å². The van der Waals surface area contributed by atoms with Crippen molar-refractivity contribution in [2.45, 2.75) is 63.9 Å². The number of anilines is 2. The summed E-state index contributed by atoms with van der Waals surface area (Å²) in [6.45, 7) is 8.26. The van der Waals surface area contributed by atoms with Crippen LogP contribution in [0.4, 0.5) is 11.6 Å². The van der Waals surface area contributed by atoms with Gasteiger partial charge in [0, 0.05) is 55.1 Å². The molecule has 1 aliphatic carbocycles. The number of nitrogens with one attached hydrogen (secondary N) is 3. The molecule has 216 valence electrons. The third kappa shape index (κ3) is 7.68. The summed E-state index contributed by atoms with van der Waals surface area (Å²) in [6.07, 6.45) is 8.91. The molecule has 2 amide bonds. The molecule has 1 saturated heterocycles. The first-order valence-electron chi connectivity index (χ1n) is 14.5. The number of nitrogens with zero attached hydrogens (tertiary/aromatic N) is 3. The number of hydrogen-bond donors (Lipinski definition) is 4. The van der Waals surface area contributed by atoms with Gasteiger partial charge in [-0.25, -0.2) is 4.98 Å². The maximum absolute atomic E-state index is 13.3. The second-order valence-electron chi connectivity index (χ2n) is 11.9. The van der Waals surface area contributed by atoms with Gasteiger partial charge in [0.05, 0.1) is 11.5 Å². The van der Waals surface area contributed by atoms with Crippen molar-refractivity contribution in [1.29, 1.82) is 0 Å². The Hall–Kier alpha value is -3.82. The van der Waals surface area contributed by atoms with Gasteiger partial charge in [-0.2, -0.15) is 5.10 Å². The molecular weight excluding hydrogens is 516 g/mol. The van der Waals surface area contributed by atoms with Gasteiger partial charge in [-0.05, 0) is 61.8 Å². The predicted octanol–water partition coefficient (Wildman–Crippen LogP) is 5.07. The molecule has 1 unspecified atom stereocenters. The molecule has 3 aromatic rings. The van der Waals surface area contributed by atoms with Gasteiger partial charge >= 0.3 is 0 Å². The molecule has 1 saturated carbocycles. The van der Waals surface area contributed by atoms with Gasteiger partial charge in [0.1, 0.15) is 5.82 Å². The summed E-state index contributed by atoms with van der Waals surface area (Å²) in [6, 6.07) is 13.6. The van der Waals surface area contributed by atoms with Gasteiger partial charge in [0.15, 0.2) is 5.82 Å². The number of carbonyl (C=O) groups excluding carboxylic acids is 2. The lowest BCUT2D eigenvalue weighted by atomic mass is 9.86. The maximum atomic E-state index is 13.3. The Labute approximate surface area is 241 Å². The number of amides is 2. The second-order valence-corrected chi connectivity index (χ2v) is 11.9. The summed E-state index contributed by atoms with van der Waals surface area (Å²) in [5.74, 6) is 1.01. The van der Waals surface area contributed by atoms with Gasteiger partial charge < -0.3 is 15.7 Å². The first-order valence-corrected chi connectivity index (χ1v) is 14.5. The summed E-state index contributed by atoms with van der Waals surface area (Å²) in [5.41, 5.74) is 3.27. The first-order chi connectivity index (χ1) is 19.7. The molecule has 2 fully saturated rings. The van der Waals surface area contributed by atoms with Crippen molar-refractivity contribution in [3.8, 4) is 11.1 Å². The number of rotatable bonds is 10. The molecule has 1 atom stereocenters. The minimum atomic E-state index is -0.582. The topological polar surface area (TPSA) is 123 Å². The standard InChI is InChI=1S/C32H40N6O3/c1-21(2)30(31(40)35-28-19-26(36-37-28)22-9-10-22)24-7-4-6-23(18-24)25-11-12-27(33-20-25)34-29(39)8-5-15-38-16-13-32(3,41)14-17-38/h4-8,11-12,18-22,30,41H,9-10,13-17H2,1-3H3,(H,33,34,39)(H2,35,36,37,40)/b8-5+. The van der Waals surface area contributed by atoms with Crippen LogP contribution in [0, 0.1) is 5.92 Å². The molecule has 0 bridgehead atoms. The van der Waals surface area contributed by atoms with E-state index in [1.165, 1.54) is 18.9 Å². The molecule has 2 aromatic heterocycles. The third-order valence-electron chi connectivity index (χ3n) is 7.98. The maximum Gasteiger partial charge on any atom is 0.249 e. The zero-order valence-corrected chi connectivity index (χ0v) is 24.1. The highest BCUT2D eigenvalue weighted by Gasteiger charge is 2.28. The number of hydrogen-bond acceptors (Lipinski definition) is 6. The Balaban J connectivity index is 1.18. The molecule has 1 aliphatic heterocycles. The molecule has 5 rings (SSSR count). The van der Waals surface area contributed by atoms with Crippen molar-refractivity contribution in [2.75, 3.05) is 30.3 Å². The lowest BCUT2D eigenvalue weighted by molar-refractivity contribution is -0.118. The smallest absolute Gasteiger partial charge is 0.249 e. The normalized spacial score (nSPS) is 18.0. The van der Waals surface area contributed by atoms with Gasteiger partial charge in [-0.3, -0.25) is 19.6 Å². The van der Waals surface area contributed by atoms with E-state index in [1.807, 2.05) is 63.2 Å². The van der Waals surface area contributed by atoms with Crippen LogP contribution in [-0.4, -0.2) is 62.2 Å². The van der Waals surface area contributed by atoms with Crippen molar-refractivity contribution in [1.82, 2.24) is 20.1 Å². The summed E-state index contributed by atoms with van der Waals surface area (Å²) < 4.78 is 0. The molecule has 0 spiro atoms. The second kappa shape index (κ2) is 12.4. The predicted molar refractivity (Wildman–Crippen MR) is 161 cm³/mol. The fourth-order valence-electron chi connectivity index (χ4n) is 5.29. The Morgan fingerprint density at radius 1 is 1.10 bits per heavy atom. The van der Waals surface area contributed by atoms with Crippen LogP contribution in [-0.2, 0) is 9.59 Å². The summed E-state index contributed by atoms with van der Waals surface area (Å²) >= 11 is 0. The minimum absolute atomic E-state index is 0.0811. The summed E-state index contributed by atoms with van der Waals surface area (Å²) in [5, 5.41) is 23.2. The zero-order valence-electron chi connectivity index (χ0n) is 24.1. The van der Waals surface area contributed by atoms with Gasteiger partial charge in [-0.15, -0.1) is 0 Å². The summed E-state index contributed by atoms with van der Waals surface area (Å²) in [4.78, 5) is 32.3. The largest absolute Gasteiger partial charge is 0.390 e. The molecular formula is C32H40N6O3. The number of benzene rings is 1. The van der Waals surface area contributed by atoms with E-state index in [1.54, 1.807) is 12.3 Å². The van der Waals surface area contributed by atoms with Gasteiger partial charge in [0.25, 0.3) is 0 Å². The van der Waals surface area contributed by atoms with E-state index in [0.29, 0.717) is 24.1 Å². The Morgan fingerprint density at radius 2 is 1.88 bits per heavy atom.